The zero-order valence-electron chi connectivity index (χ0n) is 54.4. The van der Waals surface area contributed by atoms with Gasteiger partial charge in [0, 0.05) is 27.8 Å². The molecule has 0 aliphatic carbocycles. The van der Waals surface area contributed by atoms with Crippen LogP contribution in [0.5, 0.6) is 5.75 Å². The van der Waals surface area contributed by atoms with Crippen molar-refractivity contribution in [1.29, 1.82) is 0 Å². The highest BCUT2D eigenvalue weighted by Crippen LogP contribution is 2.51. The van der Waals surface area contributed by atoms with E-state index in [1.165, 1.54) is 67.7 Å². The number of nitrogen functional groups attached to an aromatic ring is 1. The number of carbonyl (C=O) groups is 15. The summed E-state index contributed by atoms with van der Waals surface area (Å²) in [6.45, 7) is 1.62. The van der Waals surface area contributed by atoms with E-state index in [2.05, 4.69) is 51.3 Å². The highest BCUT2D eigenvalue weighted by Gasteiger charge is 2.78. The molecule has 2 radical (unpaired) electrons. The summed E-state index contributed by atoms with van der Waals surface area (Å²) in [4.78, 5) is 206. The number of aliphatic carboxylic acids is 4. The Morgan fingerprint density at radius 2 is 1.31 bits per heavy atom. The van der Waals surface area contributed by atoms with Gasteiger partial charge in [0.05, 0.1) is 53.6 Å². The van der Waals surface area contributed by atoms with Gasteiger partial charge in [0.15, 0.2) is 59.7 Å². The number of quaternary nitrogens is 1. The number of nitrogens with one attached hydrogen (secondary N) is 3. The summed E-state index contributed by atoms with van der Waals surface area (Å²) in [7, 11) is 6.48. The number of aromatic nitrogens is 3. The van der Waals surface area contributed by atoms with Crippen LogP contribution in [0.2, 0.25) is 0 Å². The maximum atomic E-state index is 12.9. The minimum Gasteiger partial charge on any atom is -1.00 e. The number of benzene rings is 2. The number of Topliss-reactive ketones (excluding diaryl/α,β-unsaturated/α-hetero) is 1. The fraction of sp³-hybridized carbons (Fsp3) is 0.333. The first-order valence-corrected chi connectivity index (χ1v) is 34.6. The number of rotatable bonds is 22. The Labute approximate surface area is 619 Å². The highest BCUT2D eigenvalue weighted by molar-refractivity contribution is 8.00. The van der Waals surface area contributed by atoms with E-state index < -0.39 is 160 Å². The molecule has 10 heterocycles. The number of carboxylic acid groups (broad SMARTS) is 4. The number of halogens is 1. The Morgan fingerprint density at radius 1 is 0.745 bits per heavy atom. The number of hydrogen-bond donors (Lipinski definition) is 11. The largest absolute Gasteiger partial charge is 1.00 e. The van der Waals surface area contributed by atoms with Crippen LogP contribution in [-0.2, 0) is 109 Å². The van der Waals surface area contributed by atoms with E-state index in [0.717, 1.165) is 21.8 Å². The van der Waals surface area contributed by atoms with Crippen LogP contribution in [0.4, 0.5) is 5.13 Å². The van der Waals surface area contributed by atoms with Crippen LogP contribution < -0.4 is 44.9 Å². The number of methoxy groups -OCH3 is 1. The molecule has 0 bridgehead atoms. The SMILES string of the molecule is COc1ccc(CONC(=O)CO/N=C(\C(=O)O)c2csc(C)n2)cc1.Cc1nc(C(=O)C(=O)O)cs1.Nc1nc(/C(=N/OCC(=O)NO)C(=O)N[C@@H]2C(=O)N3[C@@H]2[S+](O)C[C@@H]2CC(=O)O[C@@]23C(=O)O)cs1.O=C(O)CON1C(=O)c2ccccc2C1=O.[B]OC(=O)[C@]12OC(=O)C[C@H]1CS[C@@H]1[C@H]([NH3+])C(=O)N12.[Cl-]. The molecule has 106 heavy (non-hydrogen) atoms. The van der Waals surface area contributed by atoms with Crippen LogP contribution in [-0.4, -0.2) is 241 Å². The fourth-order valence-corrected chi connectivity index (χ4v) is 15.6. The average molecular weight is 1590 g/mol. The third kappa shape index (κ3) is 18.1. The smallest absolute Gasteiger partial charge is 0.378 e. The van der Waals surface area contributed by atoms with Gasteiger partial charge in [-0.3, -0.25) is 67.7 Å². The number of ketones is 1. The van der Waals surface area contributed by atoms with Gasteiger partial charge >= 0.3 is 49.8 Å². The van der Waals surface area contributed by atoms with Gasteiger partial charge in [-0.2, -0.15) is 4.55 Å². The number of thioether (sulfide) groups is 1. The predicted octanol–water partition coefficient (Wildman–Crippen LogP) is -6.01. The number of nitrogens with zero attached hydrogens (tertiary/aromatic N) is 8. The number of hydroxylamine groups is 4. The molecule has 2 aromatic carbocycles. The first kappa shape index (κ1) is 82.5. The summed E-state index contributed by atoms with van der Waals surface area (Å²) < 4.78 is 30.0. The predicted molar refractivity (Wildman–Crippen MR) is 352 cm³/mol. The van der Waals surface area contributed by atoms with Crippen molar-refractivity contribution < 1.29 is 158 Å². The highest BCUT2D eigenvalue weighted by atomic mass is 35.5. The molecule has 12 rings (SSSR count). The summed E-state index contributed by atoms with van der Waals surface area (Å²) in [5.74, 6) is -14.0. The van der Waals surface area contributed by atoms with E-state index in [9.17, 15) is 81.6 Å². The molecule has 6 saturated heterocycles. The lowest BCUT2D eigenvalue weighted by Gasteiger charge is -2.54. The molecule has 49 heteroatoms. The Hall–Kier alpha value is -10.8. The molecule has 9 atom stereocenters. The molecule has 6 fully saturated rings. The van der Waals surface area contributed by atoms with E-state index in [0.29, 0.717) is 26.6 Å². The molecule has 42 nitrogen and oxygen atoms in total. The molecular weight excluding hydrogens is 1540 g/mol. The minimum absolute atomic E-state index is 0. The van der Waals surface area contributed by atoms with Gasteiger partial charge in [0.25, 0.3) is 64.0 Å². The summed E-state index contributed by atoms with van der Waals surface area (Å²) in [6, 6.07) is 11.5. The number of carboxylic acids is 4. The van der Waals surface area contributed by atoms with Gasteiger partial charge in [0.1, 0.15) is 28.2 Å². The number of imide groups is 1. The van der Waals surface area contributed by atoms with Crippen LogP contribution in [0.25, 0.3) is 0 Å². The lowest BCUT2D eigenvalue weighted by molar-refractivity contribution is -0.432. The van der Waals surface area contributed by atoms with E-state index in [1.807, 2.05) is 0 Å². The van der Waals surface area contributed by atoms with Crippen molar-refractivity contribution in [2.75, 3.05) is 44.2 Å². The van der Waals surface area contributed by atoms with Gasteiger partial charge in [0.2, 0.25) is 5.71 Å². The van der Waals surface area contributed by atoms with Crippen LogP contribution in [0.1, 0.15) is 71.0 Å². The molecule has 0 saturated carbocycles. The first-order valence-electron chi connectivity index (χ1n) is 29.5. The van der Waals surface area contributed by atoms with Crippen molar-refractivity contribution in [3.8, 4) is 5.75 Å². The monoisotopic (exact) mass is 1590 g/mol. The summed E-state index contributed by atoms with van der Waals surface area (Å²) >= 11 is 3.43. The lowest BCUT2D eigenvalue weighted by atomic mass is 9.89. The molecule has 7 amide bonds. The number of β-lactam (4-membered cyclic amide) rings is 2. The lowest BCUT2D eigenvalue weighted by Crippen LogP contribution is -3.00. The topological polar surface area (TPSA) is 614 Å². The minimum atomic E-state index is -2.26. The number of anilines is 1. The summed E-state index contributed by atoms with van der Waals surface area (Å²) in [6.07, 6.45) is -0.189. The number of carbonyl (C=O) groups excluding carboxylic acids is 11. The number of nitrogens with two attached hydrogens (primary N) is 1. The molecule has 0 spiro atoms. The van der Waals surface area contributed by atoms with Crippen LogP contribution in [0.3, 0.4) is 0 Å². The second-order valence-electron chi connectivity index (χ2n) is 21.8. The Bertz CT molecular complexity index is 4320. The number of esters is 2. The number of amides is 7. The fourth-order valence-electron chi connectivity index (χ4n) is 10.4. The third-order valence-corrected chi connectivity index (χ3v) is 20.6. The first-order chi connectivity index (χ1) is 49.8. The summed E-state index contributed by atoms with van der Waals surface area (Å²) in [5, 5.41) is 58.3. The average Bonchev–Trinajstić information content (AvgIpc) is 1.30. The number of thiazole rings is 3. The third-order valence-electron chi connectivity index (χ3n) is 15.1. The van der Waals surface area contributed by atoms with Gasteiger partial charge < -0.3 is 78.2 Å². The van der Waals surface area contributed by atoms with E-state index >= 15 is 0 Å². The maximum Gasteiger partial charge on any atom is 0.378 e. The second-order valence-corrected chi connectivity index (χ2v) is 27.5. The van der Waals surface area contributed by atoms with Crippen molar-refractivity contribution in [2.24, 2.45) is 22.1 Å². The standard InChI is InChI=1S/C16H16N6O10S2.C16H17N3O6S.C10H7NO5.C9H9BN2O5S.C6H5NO3S.ClH/c17-15-18-6(3-33-15)9(21-31-2-7(23)20-29)11(25)19-10-12(26)22-13(10)34(30)4-5-1-8(24)32-16(5,22)14(27)28;1-10-17-13(9-26-10)15(16(21)22)19-25-8-14(20)18-24-7-11-3-5-12(23-2)6-4-11;12-8(13)5-16-11-9(14)6-3-1-2-4-7(6)10(11)15;10-17-8(15)9-3(1-4(13)16-9)2-18-7-5(11)6(14)12(7)9;1-3-7-4(2-11-3)5(8)6(9)10;/h3,5,10,13,30H,1-2,4H2,(H5-,17,18,19,20,21,23,25,27,28,29);3-6,9H,7-8H2,1-2H3,(H,18,20)(H,21,22);1-4H,5H2,(H,12,13);3,5,7H,1-2,11H2;2H,1H3,(H,9,10);1H/p+1/b;19-15-;;;;/t5-,10+,13+,16+,34?;;;3-,5+,7+,9+;;/m0..0../s1. The van der Waals surface area contributed by atoms with Crippen LogP contribution >= 0.6 is 45.8 Å². The molecule has 7 aliphatic rings. The van der Waals surface area contributed by atoms with Crippen molar-refractivity contribution in [3.05, 3.63) is 108 Å². The van der Waals surface area contributed by atoms with Crippen molar-refractivity contribution in [1.82, 2.24) is 46.1 Å². The Kier molecular flexibility index (Phi) is 27.8. The zero-order chi connectivity index (χ0) is 76.9. The number of fused-ring (bicyclic) bond motifs is 7. The van der Waals surface area contributed by atoms with E-state index in [4.69, 9.17) is 63.0 Å². The van der Waals surface area contributed by atoms with Gasteiger partial charge in [-0.25, -0.2) is 54.8 Å². The zero-order valence-corrected chi connectivity index (χ0v) is 59.2. The van der Waals surface area contributed by atoms with Crippen molar-refractivity contribution in [3.63, 3.8) is 0 Å². The maximum absolute atomic E-state index is 12.9. The molecule has 1 unspecified atom stereocenters. The Balaban J connectivity index is 0.000000194. The molecule has 3 aromatic heterocycles. The number of aryl methyl sites for hydroxylation is 2. The van der Waals surface area contributed by atoms with Crippen molar-refractivity contribution >= 4 is 170 Å². The van der Waals surface area contributed by atoms with E-state index in [-0.39, 0.29) is 87.9 Å². The summed E-state index contributed by atoms with van der Waals surface area (Å²) in [5.41, 5.74) is 9.42. The van der Waals surface area contributed by atoms with Crippen molar-refractivity contribution in [2.45, 2.75) is 67.6 Å². The molecule has 7 aliphatic heterocycles. The van der Waals surface area contributed by atoms with Gasteiger partial charge in [-0.05, 0) is 43.7 Å². The van der Waals surface area contributed by atoms with Gasteiger partial charge in [-0.15, -0.1) is 50.8 Å². The van der Waals surface area contributed by atoms with E-state index in [1.54, 1.807) is 62.7 Å². The van der Waals surface area contributed by atoms with Crippen LogP contribution in [0, 0.1) is 25.7 Å². The number of hydrogen-bond acceptors (Lipinski definition) is 35. The second kappa shape index (κ2) is 35.8. The molecule has 5 aromatic rings. The molecule has 562 valence electrons. The molecular formula is C57H56BClN13O29S5+. The normalized spacial score (nSPS) is 22.5. The molecule has 14 N–H and O–H groups in total. The number of oxime groups is 2. The Morgan fingerprint density at radius 3 is 1.84 bits per heavy atom. The van der Waals surface area contributed by atoms with Gasteiger partial charge in [-0.1, -0.05) is 34.6 Å². The number of ether oxygens (including phenoxy) is 3. The van der Waals surface area contributed by atoms with Crippen LogP contribution in [0.15, 0.2) is 75.0 Å². The quantitative estimate of drug-likeness (QED) is 0.00294.